The van der Waals surface area contributed by atoms with E-state index in [0.29, 0.717) is 5.56 Å². The van der Waals surface area contributed by atoms with E-state index < -0.39 is 4.92 Å². The molecule has 0 unspecified atom stereocenters. The van der Waals surface area contributed by atoms with Crippen LogP contribution in [0.25, 0.3) is 22.4 Å². The van der Waals surface area contributed by atoms with Crippen LogP contribution in [0.5, 0.6) is 0 Å². The molecule has 3 rings (SSSR count). The summed E-state index contributed by atoms with van der Waals surface area (Å²) in [6, 6.07) is 11.6. The first kappa shape index (κ1) is 15.8. The van der Waals surface area contributed by atoms with Crippen molar-refractivity contribution in [2.45, 2.75) is 0 Å². The number of aromatic nitrogens is 1. The second kappa shape index (κ2) is 6.59. The highest BCUT2D eigenvalue weighted by atomic mass is 32.1. The number of nitrogens with zero attached hydrogens (tertiary/aromatic N) is 2. The third kappa shape index (κ3) is 3.31. The molecule has 0 spiro atoms. The van der Waals surface area contributed by atoms with E-state index in [2.05, 4.69) is 9.72 Å². The quantitative estimate of drug-likeness (QED) is 0.404. The Morgan fingerprint density at radius 1 is 1.21 bits per heavy atom. The molecule has 0 aliphatic rings. The van der Waals surface area contributed by atoms with Crippen molar-refractivity contribution in [1.82, 2.24) is 4.98 Å². The van der Waals surface area contributed by atoms with Gasteiger partial charge in [0.2, 0.25) is 0 Å². The molecule has 0 N–H and O–H groups in total. The number of fused-ring (bicyclic) bond motifs is 1. The third-order valence-electron chi connectivity index (χ3n) is 3.35. The number of carbonyl (C=O) groups excluding carboxylic acids is 1. The average molecular weight is 340 g/mol. The zero-order valence-electron chi connectivity index (χ0n) is 12.6. The van der Waals surface area contributed by atoms with E-state index in [-0.39, 0.29) is 11.7 Å². The number of methoxy groups -OCH3 is 1. The van der Waals surface area contributed by atoms with Crippen LogP contribution >= 0.6 is 11.3 Å². The lowest BCUT2D eigenvalue weighted by atomic mass is 10.1. The van der Waals surface area contributed by atoms with Gasteiger partial charge in [-0.05, 0) is 29.8 Å². The summed E-state index contributed by atoms with van der Waals surface area (Å²) in [6.45, 7) is 0. The maximum Gasteiger partial charge on any atom is 0.337 e. The van der Waals surface area contributed by atoms with Crippen LogP contribution < -0.4 is 0 Å². The normalized spacial score (nSPS) is 11.0. The summed E-state index contributed by atoms with van der Waals surface area (Å²) in [7, 11) is 1.34. The van der Waals surface area contributed by atoms with Gasteiger partial charge in [0.25, 0.3) is 5.69 Å². The van der Waals surface area contributed by atoms with Crippen LogP contribution in [0.15, 0.2) is 42.5 Å². The van der Waals surface area contributed by atoms with E-state index >= 15 is 0 Å². The molecule has 2 aromatic carbocycles. The first-order valence-corrected chi connectivity index (χ1v) is 7.80. The van der Waals surface area contributed by atoms with E-state index in [1.165, 1.54) is 30.6 Å². The smallest absolute Gasteiger partial charge is 0.337 e. The fourth-order valence-electron chi connectivity index (χ4n) is 2.13. The average Bonchev–Trinajstić information content (AvgIpc) is 3.01. The van der Waals surface area contributed by atoms with Crippen LogP contribution in [0.1, 0.15) is 20.9 Å². The largest absolute Gasteiger partial charge is 0.465 e. The van der Waals surface area contributed by atoms with Crippen LogP contribution in [0, 0.1) is 10.1 Å². The lowest BCUT2D eigenvalue weighted by molar-refractivity contribution is -0.384. The lowest BCUT2D eigenvalue weighted by Gasteiger charge is -1.98. The Morgan fingerprint density at radius 3 is 2.62 bits per heavy atom. The Bertz CT molecular complexity index is 945. The molecule has 0 atom stereocenters. The van der Waals surface area contributed by atoms with Crippen molar-refractivity contribution < 1.29 is 14.5 Å². The van der Waals surface area contributed by atoms with Gasteiger partial charge in [-0.25, -0.2) is 9.78 Å². The molecular weight excluding hydrogens is 328 g/mol. The highest BCUT2D eigenvalue weighted by molar-refractivity contribution is 7.19. The number of non-ortho nitro benzene ring substituents is 1. The van der Waals surface area contributed by atoms with Crippen LogP contribution in [0.4, 0.5) is 5.69 Å². The van der Waals surface area contributed by atoms with Gasteiger partial charge in [-0.2, -0.15) is 0 Å². The van der Waals surface area contributed by atoms with Crippen molar-refractivity contribution in [2.24, 2.45) is 0 Å². The fourth-order valence-corrected chi connectivity index (χ4v) is 3.03. The van der Waals surface area contributed by atoms with Gasteiger partial charge in [-0.3, -0.25) is 10.1 Å². The second-order valence-corrected chi connectivity index (χ2v) is 5.97. The van der Waals surface area contributed by atoms with Gasteiger partial charge >= 0.3 is 5.97 Å². The highest BCUT2D eigenvalue weighted by Crippen LogP contribution is 2.27. The molecule has 1 heterocycles. The molecule has 0 aliphatic carbocycles. The van der Waals surface area contributed by atoms with Crippen molar-refractivity contribution in [3.05, 3.63) is 68.7 Å². The summed E-state index contributed by atoms with van der Waals surface area (Å²) in [4.78, 5) is 26.2. The number of nitro benzene ring substituents is 1. The van der Waals surface area contributed by atoms with E-state index in [9.17, 15) is 14.9 Å². The first-order valence-electron chi connectivity index (χ1n) is 6.98. The van der Waals surface area contributed by atoms with Gasteiger partial charge in [0.05, 0.1) is 27.8 Å². The molecular formula is C17H12N2O4S. The molecule has 0 radical (unpaired) electrons. The minimum Gasteiger partial charge on any atom is -0.465 e. The summed E-state index contributed by atoms with van der Waals surface area (Å²) < 4.78 is 5.42. The van der Waals surface area contributed by atoms with Crippen molar-refractivity contribution >= 4 is 45.4 Å². The molecule has 0 saturated carbocycles. The summed E-state index contributed by atoms with van der Waals surface area (Å²) in [5.74, 6) is -0.377. The highest BCUT2D eigenvalue weighted by Gasteiger charge is 2.09. The minimum atomic E-state index is -0.419. The van der Waals surface area contributed by atoms with Crippen molar-refractivity contribution in [2.75, 3.05) is 7.11 Å². The van der Waals surface area contributed by atoms with Gasteiger partial charge in [0, 0.05) is 12.1 Å². The monoisotopic (exact) mass is 340 g/mol. The molecule has 0 fully saturated rings. The zero-order chi connectivity index (χ0) is 17.1. The zero-order valence-corrected chi connectivity index (χ0v) is 13.4. The number of carbonyl (C=O) groups is 1. The van der Waals surface area contributed by atoms with Crippen molar-refractivity contribution in [3.8, 4) is 0 Å². The summed E-state index contributed by atoms with van der Waals surface area (Å²) >= 11 is 1.38. The number of hydrogen-bond donors (Lipinski definition) is 0. The standard InChI is InChI=1S/C17H12N2O4S/c1-23-17(20)12-5-2-11(3-6-12)4-9-16-18-14-8-7-13(19(21)22)10-15(14)24-16/h2-10H,1H3. The summed E-state index contributed by atoms with van der Waals surface area (Å²) in [5, 5.41) is 11.6. The van der Waals surface area contributed by atoms with Crippen LogP contribution in [-0.2, 0) is 4.74 Å². The Morgan fingerprint density at radius 2 is 1.96 bits per heavy atom. The molecule has 0 aliphatic heterocycles. The van der Waals surface area contributed by atoms with Gasteiger partial charge in [0.15, 0.2) is 0 Å². The van der Waals surface area contributed by atoms with Gasteiger partial charge < -0.3 is 4.74 Å². The number of esters is 1. The Labute approximate surface area is 141 Å². The summed E-state index contributed by atoms with van der Waals surface area (Å²) in [5.41, 5.74) is 2.18. The van der Waals surface area contributed by atoms with E-state index in [1.807, 2.05) is 12.2 Å². The number of nitro groups is 1. The second-order valence-electron chi connectivity index (χ2n) is 4.91. The van der Waals surface area contributed by atoms with Crippen molar-refractivity contribution in [3.63, 3.8) is 0 Å². The topological polar surface area (TPSA) is 82.3 Å². The molecule has 3 aromatic rings. The molecule has 120 valence electrons. The Hall–Kier alpha value is -3.06. The van der Waals surface area contributed by atoms with Crippen LogP contribution in [0.2, 0.25) is 0 Å². The fraction of sp³-hybridized carbons (Fsp3) is 0.0588. The molecule has 6 nitrogen and oxygen atoms in total. The van der Waals surface area contributed by atoms with E-state index in [0.717, 1.165) is 20.8 Å². The van der Waals surface area contributed by atoms with Gasteiger partial charge in [-0.15, -0.1) is 11.3 Å². The number of hydrogen-bond acceptors (Lipinski definition) is 6. The van der Waals surface area contributed by atoms with Crippen LogP contribution in [0.3, 0.4) is 0 Å². The number of thiazole rings is 1. The van der Waals surface area contributed by atoms with Gasteiger partial charge in [-0.1, -0.05) is 18.2 Å². The molecule has 0 saturated heterocycles. The van der Waals surface area contributed by atoms with Crippen molar-refractivity contribution in [1.29, 1.82) is 0 Å². The molecule has 7 heteroatoms. The van der Waals surface area contributed by atoms with Crippen LogP contribution in [-0.4, -0.2) is 23.0 Å². The molecule has 0 bridgehead atoms. The minimum absolute atomic E-state index is 0.0556. The SMILES string of the molecule is COC(=O)c1ccc(C=Cc2nc3ccc([N+](=O)[O-])cc3s2)cc1. The molecule has 0 amide bonds. The molecule has 24 heavy (non-hydrogen) atoms. The predicted octanol–water partition coefficient (Wildman–Crippen LogP) is 4.16. The van der Waals surface area contributed by atoms with E-state index in [4.69, 9.17) is 0 Å². The Kier molecular flexibility index (Phi) is 4.35. The first-order chi connectivity index (χ1) is 11.6. The van der Waals surface area contributed by atoms with Gasteiger partial charge in [0.1, 0.15) is 5.01 Å². The lowest BCUT2D eigenvalue weighted by Crippen LogP contribution is -2.00. The Balaban J connectivity index is 1.82. The number of benzene rings is 2. The third-order valence-corrected chi connectivity index (χ3v) is 4.33. The maximum atomic E-state index is 11.4. The molecule has 1 aromatic heterocycles. The summed E-state index contributed by atoms with van der Waals surface area (Å²) in [6.07, 6.45) is 3.71. The maximum absolute atomic E-state index is 11.4. The van der Waals surface area contributed by atoms with E-state index in [1.54, 1.807) is 30.3 Å². The number of rotatable bonds is 4. The predicted molar refractivity (Wildman–Crippen MR) is 93.0 cm³/mol. The number of ether oxygens (including phenoxy) is 1.